The smallest absolute Gasteiger partial charge is 0.185 e. The van der Waals surface area contributed by atoms with Crippen LogP contribution in [-0.2, 0) is 6.42 Å². The van der Waals surface area contributed by atoms with Crippen LogP contribution in [-0.4, -0.2) is 10.8 Å². The number of carbonyl (C=O) groups is 1. The molecule has 0 bridgehead atoms. The number of fused-ring (bicyclic) bond motifs is 1. The van der Waals surface area contributed by atoms with Crippen LogP contribution < -0.4 is 0 Å². The normalized spacial score (nSPS) is 10.8. The monoisotopic (exact) mass is 267 g/mol. The predicted octanol–water partition coefficient (Wildman–Crippen LogP) is 4.03. The molecule has 0 unspecified atom stereocenters. The number of aromatic nitrogens is 1. The molecule has 94 valence electrons. The molecule has 19 heavy (non-hydrogen) atoms. The largest absolute Gasteiger partial charge is 0.292 e. The number of aryl methyl sites for hydroxylation is 1. The first-order valence-electron chi connectivity index (χ1n) is 6.15. The maximum absolute atomic E-state index is 12.3. The fourth-order valence-corrected chi connectivity index (χ4v) is 3.17. The second-order valence-electron chi connectivity index (χ2n) is 4.53. The molecule has 0 radical (unpaired) electrons. The molecule has 3 heteroatoms. The molecule has 3 rings (SSSR count). The Hall–Kier alpha value is -2.00. The molecule has 1 aromatic carbocycles. The summed E-state index contributed by atoms with van der Waals surface area (Å²) in [5.41, 5.74) is 2.61. The lowest BCUT2D eigenvalue weighted by Crippen LogP contribution is -2.07. The lowest BCUT2D eigenvalue weighted by atomic mass is 10.0. The third-order valence-corrected chi connectivity index (χ3v) is 4.20. The summed E-state index contributed by atoms with van der Waals surface area (Å²) in [5.74, 6) is 0.0849. The Kier molecular flexibility index (Phi) is 3.13. The van der Waals surface area contributed by atoms with Crippen LogP contribution in [0.2, 0.25) is 0 Å². The summed E-state index contributed by atoms with van der Waals surface area (Å²) in [6.45, 7) is 1.92. The summed E-state index contributed by atoms with van der Waals surface area (Å²) in [7, 11) is 0. The van der Waals surface area contributed by atoms with E-state index in [0.717, 1.165) is 11.1 Å². The van der Waals surface area contributed by atoms with Gasteiger partial charge in [0.2, 0.25) is 0 Å². The number of ketones is 1. The Bertz CT molecular complexity index is 745. The molecule has 0 aliphatic heterocycles. The van der Waals surface area contributed by atoms with Crippen molar-refractivity contribution in [3.8, 4) is 0 Å². The minimum atomic E-state index is 0.0849. The van der Waals surface area contributed by atoms with E-state index in [9.17, 15) is 4.79 Å². The van der Waals surface area contributed by atoms with Crippen molar-refractivity contribution in [2.75, 3.05) is 0 Å². The molecule has 3 aromatic rings. The van der Waals surface area contributed by atoms with Crippen molar-refractivity contribution in [1.82, 2.24) is 4.98 Å². The molecule has 0 fully saturated rings. The molecule has 0 saturated heterocycles. The first kappa shape index (κ1) is 12.1. The predicted molar refractivity (Wildman–Crippen MR) is 78.8 cm³/mol. The molecule has 0 N–H and O–H groups in total. The van der Waals surface area contributed by atoms with E-state index in [-0.39, 0.29) is 5.78 Å². The summed E-state index contributed by atoms with van der Waals surface area (Å²) in [5, 5.41) is 3.25. The molecule has 2 nitrogen and oxygen atoms in total. The van der Waals surface area contributed by atoms with Gasteiger partial charge in [0.1, 0.15) is 5.69 Å². The summed E-state index contributed by atoms with van der Waals surface area (Å²) in [6, 6.07) is 12.0. The van der Waals surface area contributed by atoms with Crippen molar-refractivity contribution in [3.05, 3.63) is 64.8 Å². The minimum Gasteiger partial charge on any atom is -0.292 e. The zero-order valence-electron chi connectivity index (χ0n) is 10.6. The number of hydrogen-bond donors (Lipinski definition) is 0. The van der Waals surface area contributed by atoms with Crippen LogP contribution in [0.1, 0.15) is 21.6 Å². The number of benzene rings is 1. The summed E-state index contributed by atoms with van der Waals surface area (Å²) < 4.78 is 1.23. The molecule has 0 aliphatic carbocycles. The van der Waals surface area contributed by atoms with Crippen molar-refractivity contribution in [2.24, 2.45) is 0 Å². The zero-order chi connectivity index (χ0) is 13.2. The quantitative estimate of drug-likeness (QED) is 0.671. The maximum Gasteiger partial charge on any atom is 0.185 e. The summed E-state index contributed by atoms with van der Waals surface area (Å²) >= 11 is 1.68. The van der Waals surface area contributed by atoms with Gasteiger partial charge in [0.15, 0.2) is 5.78 Å². The van der Waals surface area contributed by atoms with Gasteiger partial charge in [0.05, 0.1) is 0 Å². The van der Waals surface area contributed by atoms with Gasteiger partial charge in [-0.05, 0) is 40.9 Å². The van der Waals surface area contributed by atoms with E-state index in [1.54, 1.807) is 17.5 Å². The van der Waals surface area contributed by atoms with E-state index in [2.05, 4.69) is 22.5 Å². The first-order chi connectivity index (χ1) is 9.25. The fourth-order valence-electron chi connectivity index (χ4n) is 2.20. The topological polar surface area (TPSA) is 30.0 Å². The van der Waals surface area contributed by atoms with Gasteiger partial charge in [-0.3, -0.25) is 9.78 Å². The van der Waals surface area contributed by atoms with Crippen LogP contribution in [0.3, 0.4) is 0 Å². The Balaban J connectivity index is 1.94. The molecule has 0 amide bonds. The molecule has 0 atom stereocenters. The highest BCUT2D eigenvalue weighted by Crippen LogP contribution is 2.26. The second-order valence-corrected chi connectivity index (χ2v) is 5.44. The Labute approximate surface area is 115 Å². The third-order valence-electron chi connectivity index (χ3n) is 3.19. The van der Waals surface area contributed by atoms with Gasteiger partial charge in [-0.2, -0.15) is 0 Å². The van der Waals surface area contributed by atoms with Gasteiger partial charge < -0.3 is 0 Å². The average molecular weight is 267 g/mol. The molecule has 2 aromatic heterocycles. The van der Waals surface area contributed by atoms with Gasteiger partial charge in [-0.1, -0.05) is 24.3 Å². The van der Waals surface area contributed by atoms with Crippen LogP contribution in [0.5, 0.6) is 0 Å². The molecule has 0 saturated carbocycles. The van der Waals surface area contributed by atoms with Crippen LogP contribution >= 0.6 is 11.3 Å². The Morgan fingerprint density at radius 2 is 2.05 bits per heavy atom. The van der Waals surface area contributed by atoms with Gasteiger partial charge in [-0.25, -0.2) is 0 Å². The maximum atomic E-state index is 12.3. The highest BCUT2D eigenvalue weighted by molar-refractivity contribution is 7.17. The van der Waals surface area contributed by atoms with Gasteiger partial charge in [-0.15, -0.1) is 11.3 Å². The Morgan fingerprint density at radius 3 is 2.89 bits per heavy atom. The summed E-state index contributed by atoms with van der Waals surface area (Å²) in [6.07, 6.45) is 2.09. The number of pyridine rings is 1. The van der Waals surface area contributed by atoms with E-state index in [1.165, 1.54) is 10.1 Å². The lowest BCUT2D eigenvalue weighted by molar-refractivity contribution is 0.0988. The zero-order valence-corrected chi connectivity index (χ0v) is 11.4. The Morgan fingerprint density at radius 1 is 1.21 bits per heavy atom. The van der Waals surface area contributed by atoms with Crippen molar-refractivity contribution in [2.45, 2.75) is 13.3 Å². The number of Topliss-reactive ketones (excluding diaryl/α,β-unsaturated/α-hetero) is 1. The number of thiophene rings is 1. The number of nitrogens with zero attached hydrogens (tertiary/aromatic N) is 1. The van der Waals surface area contributed by atoms with Gasteiger partial charge in [0, 0.05) is 17.3 Å². The standard InChI is InChI=1S/C16H13NOS/c1-11-5-4-8-17-16(11)14(18)9-12-10-19-15-7-3-2-6-13(12)15/h2-8,10H,9H2,1H3. The third kappa shape index (κ3) is 2.29. The summed E-state index contributed by atoms with van der Waals surface area (Å²) in [4.78, 5) is 16.5. The molecular weight excluding hydrogens is 254 g/mol. The van der Waals surface area contributed by atoms with Crippen LogP contribution in [0.15, 0.2) is 48.0 Å². The van der Waals surface area contributed by atoms with Crippen LogP contribution in [0, 0.1) is 6.92 Å². The van der Waals surface area contributed by atoms with Gasteiger partial charge in [0.25, 0.3) is 0 Å². The van der Waals surface area contributed by atoms with Crippen LogP contribution in [0.25, 0.3) is 10.1 Å². The lowest BCUT2D eigenvalue weighted by Gasteiger charge is -2.03. The molecule has 0 spiro atoms. The van der Waals surface area contributed by atoms with Crippen molar-refractivity contribution in [3.63, 3.8) is 0 Å². The molecule has 2 heterocycles. The van der Waals surface area contributed by atoms with Gasteiger partial charge >= 0.3 is 0 Å². The highest BCUT2D eigenvalue weighted by atomic mass is 32.1. The number of carbonyl (C=O) groups excluding carboxylic acids is 1. The van der Waals surface area contributed by atoms with E-state index >= 15 is 0 Å². The van der Waals surface area contributed by atoms with E-state index in [1.807, 2.05) is 31.2 Å². The van der Waals surface area contributed by atoms with Crippen molar-refractivity contribution in [1.29, 1.82) is 0 Å². The first-order valence-corrected chi connectivity index (χ1v) is 7.03. The fraction of sp³-hybridized carbons (Fsp3) is 0.125. The van der Waals surface area contributed by atoms with E-state index in [0.29, 0.717) is 12.1 Å². The minimum absolute atomic E-state index is 0.0849. The van der Waals surface area contributed by atoms with Crippen molar-refractivity contribution < 1.29 is 4.79 Å². The second kappa shape index (κ2) is 4.94. The van der Waals surface area contributed by atoms with Crippen molar-refractivity contribution >= 4 is 27.2 Å². The highest BCUT2D eigenvalue weighted by Gasteiger charge is 2.13. The van der Waals surface area contributed by atoms with E-state index in [4.69, 9.17) is 0 Å². The number of hydrogen-bond acceptors (Lipinski definition) is 3. The number of rotatable bonds is 3. The SMILES string of the molecule is Cc1cccnc1C(=O)Cc1csc2ccccc12. The average Bonchev–Trinajstić information content (AvgIpc) is 2.83. The molecular formula is C16H13NOS. The molecule has 0 aliphatic rings. The van der Waals surface area contributed by atoms with E-state index < -0.39 is 0 Å². The van der Waals surface area contributed by atoms with Crippen LogP contribution in [0.4, 0.5) is 0 Å².